The summed E-state index contributed by atoms with van der Waals surface area (Å²) >= 11 is 0. The molecule has 1 saturated heterocycles. The van der Waals surface area contributed by atoms with Gasteiger partial charge in [-0.15, -0.1) is 0 Å². The van der Waals surface area contributed by atoms with Crippen molar-refractivity contribution in [1.82, 2.24) is 9.80 Å². The van der Waals surface area contributed by atoms with Gasteiger partial charge in [-0.2, -0.15) is 0 Å². The van der Waals surface area contributed by atoms with Crippen LogP contribution in [-0.2, 0) is 22.4 Å². The van der Waals surface area contributed by atoms with Gasteiger partial charge in [0.2, 0.25) is 11.8 Å². The Hall–Kier alpha value is -2.69. The quantitative estimate of drug-likeness (QED) is 0.814. The zero-order valence-corrected chi connectivity index (χ0v) is 15.4. The number of amides is 2. The van der Waals surface area contributed by atoms with Crippen LogP contribution in [0.5, 0.6) is 0 Å². The van der Waals surface area contributed by atoms with Gasteiger partial charge in [0.05, 0.1) is 6.42 Å². The van der Waals surface area contributed by atoms with E-state index in [1.807, 2.05) is 35.2 Å². The van der Waals surface area contributed by atoms with Crippen molar-refractivity contribution in [3.63, 3.8) is 0 Å². The molecule has 0 atom stereocenters. The molecular weight excluding hydrogens is 343 g/mol. The molecule has 0 spiro atoms. The second-order valence-electron chi connectivity index (χ2n) is 6.87. The number of hydrogen-bond acceptors (Lipinski definition) is 2. The van der Waals surface area contributed by atoms with Crippen molar-refractivity contribution in [2.75, 3.05) is 26.2 Å². The molecule has 0 bridgehead atoms. The van der Waals surface area contributed by atoms with Gasteiger partial charge in [-0.25, -0.2) is 4.39 Å². The van der Waals surface area contributed by atoms with E-state index in [0.29, 0.717) is 38.2 Å². The minimum Gasteiger partial charge on any atom is -0.341 e. The predicted octanol–water partition coefficient (Wildman–Crippen LogP) is 3.06. The standard InChI is InChI=1S/C22H25FN2O2/c23-20-10-5-4-9-19(20)17-22(27)25-14-6-13-24(15-16-25)21(26)12-11-18-7-2-1-3-8-18/h1-5,7-10H,6,11-17H2. The van der Waals surface area contributed by atoms with Crippen molar-refractivity contribution in [3.8, 4) is 0 Å². The highest BCUT2D eigenvalue weighted by Crippen LogP contribution is 2.12. The van der Waals surface area contributed by atoms with Crippen molar-refractivity contribution in [3.05, 3.63) is 71.5 Å². The molecule has 2 amide bonds. The monoisotopic (exact) mass is 368 g/mol. The summed E-state index contributed by atoms with van der Waals surface area (Å²) in [5.41, 5.74) is 1.57. The molecule has 2 aromatic rings. The molecule has 0 radical (unpaired) electrons. The van der Waals surface area contributed by atoms with Gasteiger partial charge in [0.25, 0.3) is 0 Å². The highest BCUT2D eigenvalue weighted by Gasteiger charge is 2.22. The van der Waals surface area contributed by atoms with E-state index in [0.717, 1.165) is 18.4 Å². The van der Waals surface area contributed by atoms with Gasteiger partial charge < -0.3 is 9.80 Å². The molecule has 142 valence electrons. The van der Waals surface area contributed by atoms with Gasteiger partial charge in [0.15, 0.2) is 0 Å². The average molecular weight is 368 g/mol. The fourth-order valence-corrected chi connectivity index (χ4v) is 3.39. The zero-order valence-electron chi connectivity index (χ0n) is 15.4. The summed E-state index contributed by atoms with van der Waals surface area (Å²) in [6.07, 6.45) is 2.02. The van der Waals surface area contributed by atoms with Gasteiger partial charge in [0, 0.05) is 32.6 Å². The van der Waals surface area contributed by atoms with Crippen molar-refractivity contribution >= 4 is 11.8 Å². The van der Waals surface area contributed by atoms with Crippen molar-refractivity contribution in [2.45, 2.75) is 25.7 Å². The number of hydrogen-bond donors (Lipinski definition) is 0. The summed E-state index contributed by atoms with van der Waals surface area (Å²) < 4.78 is 13.8. The van der Waals surface area contributed by atoms with E-state index in [1.165, 1.54) is 6.07 Å². The Kier molecular flexibility index (Phi) is 6.58. The van der Waals surface area contributed by atoms with E-state index in [2.05, 4.69) is 0 Å². The molecule has 0 saturated carbocycles. The van der Waals surface area contributed by atoms with E-state index in [1.54, 1.807) is 23.1 Å². The molecular formula is C22H25FN2O2. The van der Waals surface area contributed by atoms with E-state index in [-0.39, 0.29) is 24.1 Å². The molecule has 3 rings (SSSR count). The molecule has 2 aromatic carbocycles. The topological polar surface area (TPSA) is 40.6 Å². The van der Waals surface area contributed by atoms with Crippen LogP contribution in [0.4, 0.5) is 4.39 Å². The van der Waals surface area contributed by atoms with Gasteiger partial charge >= 0.3 is 0 Å². The summed E-state index contributed by atoms with van der Waals surface area (Å²) in [7, 11) is 0. The van der Waals surface area contributed by atoms with E-state index < -0.39 is 0 Å². The average Bonchev–Trinajstić information content (AvgIpc) is 2.95. The first-order valence-corrected chi connectivity index (χ1v) is 9.46. The highest BCUT2D eigenvalue weighted by molar-refractivity contribution is 5.79. The number of carbonyl (C=O) groups is 2. The number of carbonyl (C=O) groups excluding carboxylic acids is 2. The number of rotatable bonds is 5. The van der Waals surface area contributed by atoms with Crippen LogP contribution in [0.2, 0.25) is 0 Å². The maximum absolute atomic E-state index is 13.8. The van der Waals surface area contributed by atoms with Crippen molar-refractivity contribution < 1.29 is 14.0 Å². The van der Waals surface area contributed by atoms with E-state index >= 15 is 0 Å². The number of aryl methyl sites for hydroxylation is 1. The lowest BCUT2D eigenvalue weighted by molar-refractivity contribution is -0.133. The van der Waals surface area contributed by atoms with E-state index in [4.69, 9.17) is 0 Å². The number of halogens is 1. The van der Waals surface area contributed by atoms with Gasteiger partial charge in [0.1, 0.15) is 5.82 Å². The summed E-state index contributed by atoms with van der Waals surface area (Å²) in [5.74, 6) is -0.306. The molecule has 4 nitrogen and oxygen atoms in total. The Morgan fingerprint density at radius 3 is 2.15 bits per heavy atom. The molecule has 27 heavy (non-hydrogen) atoms. The van der Waals surface area contributed by atoms with E-state index in [9.17, 15) is 14.0 Å². The first-order chi connectivity index (χ1) is 13.1. The normalized spacial score (nSPS) is 14.7. The molecule has 1 heterocycles. The Morgan fingerprint density at radius 1 is 0.815 bits per heavy atom. The predicted molar refractivity (Wildman–Crippen MR) is 103 cm³/mol. The molecule has 1 fully saturated rings. The third kappa shape index (κ3) is 5.39. The lowest BCUT2D eigenvalue weighted by atomic mass is 10.1. The lowest BCUT2D eigenvalue weighted by Crippen LogP contribution is -2.38. The van der Waals surface area contributed by atoms with Crippen LogP contribution in [0.3, 0.4) is 0 Å². The molecule has 0 aliphatic carbocycles. The maximum atomic E-state index is 13.8. The molecule has 0 N–H and O–H groups in total. The van der Waals surface area contributed by atoms with Gasteiger partial charge in [-0.3, -0.25) is 9.59 Å². The van der Waals surface area contributed by atoms with Crippen molar-refractivity contribution in [2.24, 2.45) is 0 Å². The third-order valence-corrected chi connectivity index (χ3v) is 4.97. The summed E-state index contributed by atoms with van der Waals surface area (Å²) in [5, 5.41) is 0. The zero-order chi connectivity index (χ0) is 19.1. The summed E-state index contributed by atoms with van der Waals surface area (Å²) in [6, 6.07) is 16.3. The fourth-order valence-electron chi connectivity index (χ4n) is 3.39. The minimum atomic E-state index is -0.349. The van der Waals surface area contributed by atoms with Crippen LogP contribution in [0.15, 0.2) is 54.6 Å². The first kappa shape index (κ1) is 19.1. The number of nitrogens with zero attached hydrogens (tertiary/aromatic N) is 2. The maximum Gasteiger partial charge on any atom is 0.227 e. The minimum absolute atomic E-state index is 0.0641. The molecule has 0 aromatic heterocycles. The molecule has 1 aliphatic rings. The summed E-state index contributed by atoms with van der Waals surface area (Å²) in [6.45, 7) is 2.31. The highest BCUT2D eigenvalue weighted by atomic mass is 19.1. The molecule has 1 aliphatic heterocycles. The van der Waals surface area contributed by atoms with Crippen LogP contribution in [-0.4, -0.2) is 47.8 Å². The molecule has 0 unspecified atom stereocenters. The van der Waals surface area contributed by atoms with Crippen LogP contribution in [0.1, 0.15) is 24.0 Å². The second kappa shape index (κ2) is 9.31. The SMILES string of the molecule is O=C(CCc1ccccc1)N1CCCN(C(=O)Cc2ccccc2F)CC1. The lowest BCUT2D eigenvalue weighted by Gasteiger charge is -2.22. The number of benzene rings is 2. The largest absolute Gasteiger partial charge is 0.341 e. The summed E-state index contributed by atoms with van der Waals surface area (Å²) in [4.78, 5) is 28.6. The fraction of sp³-hybridized carbons (Fsp3) is 0.364. The van der Waals surface area contributed by atoms with Crippen LogP contribution in [0, 0.1) is 5.82 Å². The van der Waals surface area contributed by atoms with Crippen molar-refractivity contribution in [1.29, 1.82) is 0 Å². The molecule has 5 heteroatoms. The van der Waals surface area contributed by atoms with Gasteiger partial charge in [-0.05, 0) is 30.0 Å². The Morgan fingerprint density at radius 2 is 1.44 bits per heavy atom. The second-order valence-corrected chi connectivity index (χ2v) is 6.87. The van der Waals surface area contributed by atoms with Gasteiger partial charge in [-0.1, -0.05) is 48.5 Å². The van der Waals surface area contributed by atoms with Crippen LogP contribution >= 0.6 is 0 Å². The first-order valence-electron chi connectivity index (χ1n) is 9.46. The Labute approximate surface area is 159 Å². The Bertz CT molecular complexity index is 779. The third-order valence-electron chi connectivity index (χ3n) is 4.97. The Balaban J connectivity index is 1.50. The smallest absolute Gasteiger partial charge is 0.227 e. The van der Waals surface area contributed by atoms with Crippen LogP contribution < -0.4 is 0 Å². The van der Waals surface area contributed by atoms with Crippen LogP contribution in [0.25, 0.3) is 0 Å².